The summed E-state index contributed by atoms with van der Waals surface area (Å²) in [5.74, 6) is 0.487. The molecule has 0 fully saturated rings. The highest BCUT2D eigenvalue weighted by Gasteiger charge is 2.17. The molecule has 0 saturated carbocycles. The topological polar surface area (TPSA) is 49.8 Å². The molecule has 1 aliphatic rings. The van der Waals surface area contributed by atoms with E-state index in [4.69, 9.17) is 0 Å². The molecule has 2 N–H and O–H groups in total. The first-order valence-electron chi connectivity index (χ1n) is 8.37. The Kier molecular flexibility index (Phi) is 4.79. The minimum absolute atomic E-state index is 0.00469. The molecule has 3 rings (SSSR count). The smallest absolute Gasteiger partial charge is 0.150 e. The van der Waals surface area contributed by atoms with Crippen molar-refractivity contribution in [2.45, 2.75) is 45.7 Å². The van der Waals surface area contributed by atoms with E-state index < -0.39 is 0 Å². The molecule has 0 saturated heterocycles. The van der Waals surface area contributed by atoms with E-state index in [9.17, 15) is 4.39 Å². The van der Waals surface area contributed by atoms with Crippen molar-refractivity contribution in [2.75, 3.05) is 0 Å². The Morgan fingerprint density at radius 3 is 2.75 bits per heavy atom. The van der Waals surface area contributed by atoms with Crippen molar-refractivity contribution in [3.05, 3.63) is 59.7 Å². The Labute approximate surface area is 142 Å². The fourth-order valence-corrected chi connectivity index (χ4v) is 2.88. The van der Waals surface area contributed by atoms with E-state index in [-0.39, 0.29) is 11.9 Å². The number of rotatable bonds is 5. The lowest BCUT2D eigenvalue weighted by Gasteiger charge is -2.15. The van der Waals surface area contributed by atoms with Crippen LogP contribution in [0.25, 0.3) is 11.1 Å². The Hall–Kier alpha value is -2.43. The van der Waals surface area contributed by atoms with Crippen molar-refractivity contribution in [3.8, 4) is 11.1 Å². The van der Waals surface area contributed by atoms with Crippen LogP contribution >= 0.6 is 0 Å². The highest BCUT2D eigenvalue weighted by atomic mass is 19.1. The van der Waals surface area contributed by atoms with E-state index in [1.165, 1.54) is 5.70 Å². The standard InChI is InChI=1S/C19H23FN4/c1-4-15-8-16(11-21-15)24-13(3)19-22-9-14(10-23-19)17-7-5-6-12(2)18(17)20/h5-7,9-11,13,15,21,24H,4,8H2,1-3H3. The average Bonchev–Trinajstić information content (AvgIpc) is 3.05. The van der Waals surface area contributed by atoms with Gasteiger partial charge in [0.25, 0.3) is 0 Å². The van der Waals surface area contributed by atoms with Crippen molar-refractivity contribution in [1.82, 2.24) is 20.6 Å². The molecule has 0 aliphatic carbocycles. The third-order valence-electron chi connectivity index (χ3n) is 4.42. The van der Waals surface area contributed by atoms with Gasteiger partial charge in [-0.3, -0.25) is 0 Å². The largest absolute Gasteiger partial charge is 0.386 e. The summed E-state index contributed by atoms with van der Waals surface area (Å²) in [6, 6.07) is 5.86. The van der Waals surface area contributed by atoms with Gasteiger partial charge >= 0.3 is 0 Å². The Morgan fingerprint density at radius 1 is 1.33 bits per heavy atom. The van der Waals surface area contributed by atoms with Gasteiger partial charge in [0.2, 0.25) is 0 Å². The first-order valence-corrected chi connectivity index (χ1v) is 8.37. The monoisotopic (exact) mass is 326 g/mol. The summed E-state index contributed by atoms with van der Waals surface area (Å²) in [5.41, 5.74) is 3.03. The molecular weight excluding hydrogens is 303 g/mol. The van der Waals surface area contributed by atoms with Crippen LogP contribution in [0.5, 0.6) is 0 Å². The SMILES string of the molecule is CCC1CC(NC(C)c2ncc(-c3cccc(C)c3F)cn2)=CN1. The van der Waals surface area contributed by atoms with Gasteiger partial charge in [-0.2, -0.15) is 0 Å². The van der Waals surface area contributed by atoms with Crippen LogP contribution in [0.2, 0.25) is 0 Å². The number of hydrogen-bond acceptors (Lipinski definition) is 4. The van der Waals surface area contributed by atoms with Crippen molar-refractivity contribution in [1.29, 1.82) is 0 Å². The van der Waals surface area contributed by atoms with E-state index in [1.807, 2.05) is 19.2 Å². The third-order valence-corrected chi connectivity index (χ3v) is 4.42. The van der Waals surface area contributed by atoms with Crippen LogP contribution in [0.1, 0.15) is 44.1 Å². The second kappa shape index (κ2) is 6.99. The summed E-state index contributed by atoms with van der Waals surface area (Å²) in [7, 11) is 0. The molecule has 5 heteroatoms. The summed E-state index contributed by atoms with van der Waals surface area (Å²) in [5, 5.41) is 6.79. The fourth-order valence-electron chi connectivity index (χ4n) is 2.88. The lowest BCUT2D eigenvalue weighted by atomic mass is 10.1. The number of aryl methyl sites for hydroxylation is 1. The summed E-state index contributed by atoms with van der Waals surface area (Å²) >= 11 is 0. The van der Waals surface area contributed by atoms with Crippen LogP contribution in [0.15, 0.2) is 42.5 Å². The zero-order valence-corrected chi connectivity index (χ0v) is 14.3. The van der Waals surface area contributed by atoms with Gasteiger partial charge in [0.15, 0.2) is 0 Å². The third kappa shape index (κ3) is 3.40. The maximum absolute atomic E-state index is 14.2. The summed E-state index contributed by atoms with van der Waals surface area (Å²) in [6.07, 6.45) is 7.50. The van der Waals surface area contributed by atoms with E-state index in [0.29, 0.717) is 28.6 Å². The second-order valence-electron chi connectivity index (χ2n) is 6.28. The van der Waals surface area contributed by atoms with Gasteiger partial charge < -0.3 is 10.6 Å². The number of aromatic nitrogens is 2. The highest BCUT2D eigenvalue weighted by molar-refractivity contribution is 5.63. The molecule has 4 nitrogen and oxygen atoms in total. The van der Waals surface area contributed by atoms with Crippen LogP contribution in [0, 0.1) is 12.7 Å². The molecule has 126 valence electrons. The van der Waals surface area contributed by atoms with Crippen LogP contribution in [-0.2, 0) is 0 Å². The van der Waals surface area contributed by atoms with Crippen LogP contribution < -0.4 is 10.6 Å². The van der Waals surface area contributed by atoms with Gasteiger partial charge in [-0.15, -0.1) is 0 Å². The minimum Gasteiger partial charge on any atom is -0.386 e. The van der Waals surface area contributed by atoms with Crippen molar-refractivity contribution in [3.63, 3.8) is 0 Å². The van der Waals surface area contributed by atoms with E-state index in [2.05, 4.69) is 27.5 Å². The van der Waals surface area contributed by atoms with Crippen LogP contribution in [0.4, 0.5) is 4.39 Å². The molecule has 2 heterocycles. The van der Waals surface area contributed by atoms with Crippen LogP contribution in [0.3, 0.4) is 0 Å². The Balaban J connectivity index is 1.71. The van der Waals surface area contributed by atoms with Gasteiger partial charge in [0.05, 0.1) is 6.04 Å². The van der Waals surface area contributed by atoms with E-state index in [1.54, 1.807) is 31.5 Å². The molecule has 0 radical (unpaired) electrons. The van der Waals surface area contributed by atoms with Crippen molar-refractivity contribution < 1.29 is 4.39 Å². The van der Waals surface area contributed by atoms with Gasteiger partial charge in [-0.1, -0.05) is 25.1 Å². The highest BCUT2D eigenvalue weighted by Crippen LogP contribution is 2.24. The molecule has 2 atom stereocenters. The molecular formula is C19H23FN4. The molecule has 1 aliphatic heterocycles. The van der Waals surface area contributed by atoms with Gasteiger partial charge in [0, 0.05) is 47.9 Å². The molecule has 24 heavy (non-hydrogen) atoms. The molecule has 0 amide bonds. The zero-order valence-electron chi connectivity index (χ0n) is 14.3. The van der Waals surface area contributed by atoms with Gasteiger partial charge in [-0.25, -0.2) is 14.4 Å². The Bertz CT molecular complexity index is 740. The second-order valence-corrected chi connectivity index (χ2v) is 6.28. The first kappa shape index (κ1) is 16.4. The average molecular weight is 326 g/mol. The van der Waals surface area contributed by atoms with Gasteiger partial charge in [-0.05, 0) is 25.8 Å². The van der Waals surface area contributed by atoms with Crippen molar-refractivity contribution >= 4 is 0 Å². The number of benzene rings is 1. The lowest BCUT2D eigenvalue weighted by Crippen LogP contribution is -2.21. The number of nitrogens with zero attached hydrogens (tertiary/aromatic N) is 2. The molecule has 0 bridgehead atoms. The number of hydrogen-bond donors (Lipinski definition) is 2. The molecule has 1 aromatic heterocycles. The normalized spacial score (nSPS) is 18.0. The predicted molar refractivity (Wildman–Crippen MR) is 93.6 cm³/mol. The predicted octanol–water partition coefficient (Wildman–Crippen LogP) is 3.86. The van der Waals surface area contributed by atoms with Crippen molar-refractivity contribution in [2.24, 2.45) is 0 Å². The fraction of sp³-hybridized carbons (Fsp3) is 0.368. The van der Waals surface area contributed by atoms with E-state index >= 15 is 0 Å². The molecule has 0 spiro atoms. The minimum atomic E-state index is -0.215. The van der Waals surface area contributed by atoms with Gasteiger partial charge in [0.1, 0.15) is 11.6 Å². The quantitative estimate of drug-likeness (QED) is 0.876. The maximum atomic E-state index is 14.2. The summed E-state index contributed by atoms with van der Waals surface area (Å²) < 4.78 is 14.2. The molecule has 2 unspecified atom stereocenters. The summed E-state index contributed by atoms with van der Waals surface area (Å²) in [6.45, 7) is 5.96. The first-order chi connectivity index (χ1) is 11.6. The number of halogens is 1. The number of nitrogens with one attached hydrogen (secondary N) is 2. The maximum Gasteiger partial charge on any atom is 0.150 e. The molecule has 2 aromatic rings. The zero-order chi connectivity index (χ0) is 17.1. The summed E-state index contributed by atoms with van der Waals surface area (Å²) in [4.78, 5) is 8.84. The lowest BCUT2D eigenvalue weighted by molar-refractivity contribution is 0.559. The van der Waals surface area contributed by atoms with E-state index in [0.717, 1.165) is 12.8 Å². The van der Waals surface area contributed by atoms with Crippen LogP contribution in [-0.4, -0.2) is 16.0 Å². The molecule has 1 aromatic carbocycles. The Morgan fingerprint density at radius 2 is 2.08 bits per heavy atom.